The van der Waals surface area contributed by atoms with Crippen molar-refractivity contribution >= 4 is 69.7 Å². The Morgan fingerprint density at radius 3 is 2.29 bits per heavy atom. The van der Waals surface area contributed by atoms with E-state index in [0.29, 0.717) is 63.6 Å². The second-order valence-corrected chi connectivity index (χ2v) is 15.9. The maximum absolute atomic E-state index is 13.8. The largest absolute Gasteiger partial charge is 0.484 e. The van der Waals surface area contributed by atoms with Gasteiger partial charge in [-0.15, -0.1) is 0 Å². The first-order valence-electron chi connectivity index (χ1n) is 19.3. The summed E-state index contributed by atoms with van der Waals surface area (Å²) >= 11 is 12.7. The fraction of sp³-hybridized carbons (Fsp3) is 0.432. The van der Waals surface area contributed by atoms with Crippen molar-refractivity contribution in [1.82, 2.24) is 15.2 Å². The number of nitrogens with zero attached hydrogens (tertiary/aromatic N) is 1. The van der Waals surface area contributed by atoms with Crippen LogP contribution in [0.1, 0.15) is 105 Å². The SMILES string of the molecule is C=C(CC)C(=O)c1ccc(OCC(=O)C(C)(C)O[C@@H](C)C(=O)C(C)(C)Oc2ccc3c(c2)/C(=C/c2[nH]c(C)c(C(=O)NCCN(CC)CC)c2C)C(=O)N3)c(Cl)c1Cl. The zero-order valence-corrected chi connectivity index (χ0v) is 36.5. The molecule has 1 atom stereocenters. The van der Waals surface area contributed by atoms with Gasteiger partial charge in [0, 0.05) is 41.3 Å². The fourth-order valence-corrected chi connectivity index (χ4v) is 7.08. The number of aromatic nitrogens is 1. The van der Waals surface area contributed by atoms with E-state index in [-0.39, 0.29) is 39.0 Å². The lowest BCUT2D eigenvalue weighted by Gasteiger charge is -2.32. The molecule has 12 nitrogen and oxygen atoms in total. The highest BCUT2D eigenvalue weighted by molar-refractivity contribution is 6.45. The first kappa shape index (κ1) is 45.9. The number of hydrogen-bond acceptors (Lipinski definition) is 9. The van der Waals surface area contributed by atoms with E-state index in [9.17, 15) is 24.0 Å². The summed E-state index contributed by atoms with van der Waals surface area (Å²) in [7, 11) is 0. The summed E-state index contributed by atoms with van der Waals surface area (Å²) < 4.78 is 17.9. The number of allylic oxidation sites excluding steroid dienone is 1. The van der Waals surface area contributed by atoms with Crippen molar-refractivity contribution in [3.8, 4) is 11.5 Å². The first-order chi connectivity index (χ1) is 27.2. The van der Waals surface area contributed by atoms with E-state index < -0.39 is 35.5 Å². The minimum absolute atomic E-state index is 0.0101. The molecule has 3 aromatic rings. The fourth-order valence-electron chi connectivity index (χ4n) is 6.62. The standard InChI is InChI=1S/C44H54Cl2N4O8/c1-12-24(4)39(52)29-16-18-34(38(46)37(29)45)56-23-35(51)43(8,9)57-27(7)40(53)44(10,11)58-28-15-17-32-30(21-28)31(41(54)49-32)22-33-25(5)36(26(6)48-33)42(55)47-19-20-50(13-2)14-3/h15-18,21-22,27,48H,4,12-14,19-20,23H2,1-3,5-11H3,(H,47,55)(H,49,54)/b31-22-/t27-/m0/s1. The van der Waals surface area contributed by atoms with Crippen LogP contribution in [0.5, 0.6) is 11.5 Å². The number of rotatable bonds is 20. The molecule has 1 aromatic heterocycles. The maximum atomic E-state index is 13.8. The van der Waals surface area contributed by atoms with Crippen LogP contribution in [0.2, 0.25) is 10.0 Å². The number of halogens is 2. The van der Waals surface area contributed by atoms with Gasteiger partial charge in [0.25, 0.3) is 11.8 Å². The molecule has 0 bridgehead atoms. The summed E-state index contributed by atoms with van der Waals surface area (Å²) in [4.78, 5) is 71.5. The van der Waals surface area contributed by atoms with Gasteiger partial charge in [0.2, 0.25) is 11.6 Å². The molecule has 3 N–H and O–H groups in total. The molecule has 0 spiro atoms. The van der Waals surface area contributed by atoms with Crippen molar-refractivity contribution in [2.75, 3.05) is 38.1 Å². The number of aromatic amines is 1. The van der Waals surface area contributed by atoms with Crippen LogP contribution in [-0.2, 0) is 19.1 Å². The van der Waals surface area contributed by atoms with Crippen molar-refractivity contribution in [2.24, 2.45) is 0 Å². The second-order valence-electron chi connectivity index (χ2n) is 15.2. The number of Topliss-reactive ketones (excluding diaryl/α,β-unsaturated/α-hetero) is 3. The van der Waals surface area contributed by atoms with Crippen LogP contribution >= 0.6 is 23.2 Å². The Morgan fingerprint density at radius 1 is 0.983 bits per heavy atom. The molecule has 2 aromatic carbocycles. The Bertz CT molecular complexity index is 2150. The van der Waals surface area contributed by atoms with E-state index in [4.69, 9.17) is 37.4 Å². The Hall–Kier alpha value is -4.75. The number of aryl methyl sites for hydroxylation is 1. The van der Waals surface area contributed by atoms with Crippen LogP contribution in [0, 0.1) is 13.8 Å². The molecular formula is C44H54Cl2N4O8. The van der Waals surface area contributed by atoms with Gasteiger partial charge in [-0.3, -0.25) is 24.0 Å². The Labute approximate surface area is 350 Å². The molecule has 4 rings (SSSR count). The first-order valence-corrected chi connectivity index (χ1v) is 20.1. The maximum Gasteiger partial charge on any atom is 0.256 e. The van der Waals surface area contributed by atoms with Gasteiger partial charge in [0.05, 0.1) is 16.2 Å². The number of amides is 2. The normalized spacial score (nSPS) is 13.9. The molecule has 0 unspecified atom stereocenters. The van der Waals surface area contributed by atoms with Gasteiger partial charge in [-0.2, -0.15) is 0 Å². The van der Waals surface area contributed by atoms with Crippen LogP contribution in [0.25, 0.3) is 11.6 Å². The zero-order valence-electron chi connectivity index (χ0n) is 35.0. The number of anilines is 1. The quantitative estimate of drug-likeness (QED) is 0.0754. The van der Waals surface area contributed by atoms with Crippen LogP contribution in [-0.4, -0.2) is 89.1 Å². The molecule has 2 heterocycles. The van der Waals surface area contributed by atoms with Crippen molar-refractivity contribution in [3.05, 3.63) is 86.2 Å². The lowest BCUT2D eigenvalue weighted by Crippen LogP contribution is -2.49. The number of fused-ring (bicyclic) bond motifs is 1. The van der Waals surface area contributed by atoms with Gasteiger partial charge in [-0.05, 0) is 116 Å². The van der Waals surface area contributed by atoms with Crippen molar-refractivity contribution in [1.29, 1.82) is 0 Å². The number of benzene rings is 2. The second kappa shape index (κ2) is 18.9. The lowest BCUT2D eigenvalue weighted by atomic mass is 9.97. The van der Waals surface area contributed by atoms with E-state index in [1.165, 1.54) is 32.9 Å². The minimum Gasteiger partial charge on any atom is -0.484 e. The lowest BCUT2D eigenvalue weighted by molar-refractivity contribution is -0.161. The number of ether oxygens (including phenoxy) is 3. The van der Waals surface area contributed by atoms with Gasteiger partial charge in [0.15, 0.2) is 11.4 Å². The predicted octanol–water partition coefficient (Wildman–Crippen LogP) is 8.21. The summed E-state index contributed by atoms with van der Waals surface area (Å²) in [6.07, 6.45) is 1.07. The van der Waals surface area contributed by atoms with Crippen molar-refractivity contribution in [2.45, 2.75) is 93.0 Å². The molecule has 0 radical (unpaired) electrons. The van der Waals surface area contributed by atoms with E-state index in [0.717, 1.165) is 19.6 Å². The summed E-state index contributed by atoms with van der Waals surface area (Å²) in [5.41, 5.74) is 1.70. The molecule has 0 fully saturated rings. The Kier molecular flexibility index (Phi) is 15.0. The average Bonchev–Trinajstić information content (AvgIpc) is 3.64. The summed E-state index contributed by atoms with van der Waals surface area (Å²) in [6.45, 7) is 23.7. The van der Waals surface area contributed by atoms with Crippen molar-refractivity contribution in [3.63, 3.8) is 0 Å². The van der Waals surface area contributed by atoms with Crippen LogP contribution < -0.4 is 20.1 Å². The number of nitrogens with one attached hydrogen (secondary N) is 3. The smallest absolute Gasteiger partial charge is 0.256 e. The molecule has 0 saturated heterocycles. The average molecular weight is 838 g/mol. The van der Waals surface area contributed by atoms with Crippen molar-refractivity contribution < 1.29 is 38.2 Å². The third-order valence-electron chi connectivity index (χ3n) is 10.3. The Balaban J connectivity index is 1.44. The molecular weight excluding hydrogens is 783 g/mol. The van der Waals surface area contributed by atoms with Gasteiger partial charge in [-0.25, -0.2) is 0 Å². The third kappa shape index (κ3) is 10.3. The highest BCUT2D eigenvalue weighted by atomic mass is 35.5. The molecule has 58 heavy (non-hydrogen) atoms. The van der Waals surface area contributed by atoms with E-state index in [1.54, 1.807) is 45.0 Å². The van der Waals surface area contributed by atoms with Gasteiger partial charge in [0.1, 0.15) is 34.8 Å². The minimum atomic E-state index is -1.46. The molecule has 0 saturated carbocycles. The number of carbonyl (C=O) groups excluding carboxylic acids is 5. The molecule has 312 valence electrons. The molecule has 1 aliphatic heterocycles. The summed E-state index contributed by atoms with van der Waals surface area (Å²) in [5, 5.41) is 5.84. The number of hydrogen-bond donors (Lipinski definition) is 3. The predicted molar refractivity (Wildman–Crippen MR) is 228 cm³/mol. The summed E-state index contributed by atoms with van der Waals surface area (Å²) in [6, 6.07) is 7.94. The van der Waals surface area contributed by atoms with E-state index in [2.05, 4.69) is 40.9 Å². The zero-order chi connectivity index (χ0) is 43.3. The van der Waals surface area contributed by atoms with Crippen LogP contribution in [0.4, 0.5) is 5.69 Å². The van der Waals surface area contributed by atoms with E-state index >= 15 is 0 Å². The monoisotopic (exact) mass is 836 g/mol. The molecule has 2 amide bonds. The highest BCUT2D eigenvalue weighted by Gasteiger charge is 2.40. The van der Waals surface area contributed by atoms with Crippen LogP contribution in [0.3, 0.4) is 0 Å². The topological polar surface area (TPSA) is 156 Å². The number of H-pyrrole nitrogens is 1. The molecule has 0 aliphatic carbocycles. The molecule has 14 heteroatoms. The number of ketones is 3. The van der Waals surface area contributed by atoms with Gasteiger partial charge >= 0.3 is 0 Å². The summed E-state index contributed by atoms with van der Waals surface area (Å²) in [5.74, 6) is -1.35. The third-order valence-corrected chi connectivity index (χ3v) is 11.1. The number of carbonyl (C=O) groups is 5. The highest BCUT2D eigenvalue weighted by Crippen LogP contribution is 2.38. The van der Waals surface area contributed by atoms with Gasteiger partial charge in [-0.1, -0.05) is 50.6 Å². The van der Waals surface area contributed by atoms with Gasteiger partial charge < -0.3 is 34.7 Å². The molecule has 1 aliphatic rings. The van der Waals surface area contributed by atoms with E-state index in [1.807, 2.05) is 13.8 Å². The Morgan fingerprint density at radius 2 is 1.66 bits per heavy atom. The van der Waals surface area contributed by atoms with Crippen LogP contribution in [0.15, 0.2) is 42.5 Å². The number of likely N-dealkylation sites (N-methyl/N-ethyl adjacent to an activating group) is 1.